The summed E-state index contributed by atoms with van der Waals surface area (Å²) in [6, 6.07) is 10.2. The van der Waals surface area contributed by atoms with Gasteiger partial charge in [0.25, 0.3) is 5.91 Å². The fraction of sp³-hybridized carbons (Fsp3) is 0.444. The molecule has 188 valence electrons. The summed E-state index contributed by atoms with van der Waals surface area (Å²) < 4.78 is 11.1. The first-order valence-corrected chi connectivity index (χ1v) is 12.7. The average Bonchev–Trinajstić information content (AvgIpc) is 2.84. The first kappa shape index (κ1) is 27.0. The van der Waals surface area contributed by atoms with Crippen molar-refractivity contribution in [2.24, 2.45) is 5.92 Å². The second kappa shape index (κ2) is 12.9. The van der Waals surface area contributed by atoms with E-state index in [1.807, 2.05) is 13.8 Å². The third-order valence-corrected chi connectivity index (χ3v) is 6.86. The first-order valence-electron chi connectivity index (χ1n) is 12.0. The third-order valence-electron chi connectivity index (χ3n) is 6.14. The van der Waals surface area contributed by atoms with Crippen LogP contribution in [0.2, 0.25) is 10.0 Å². The summed E-state index contributed by atoms with van der Waals surface area (Å²) in [5.41, 5.74) is 1.82. The van der Waals surface area contributed by atoms with Gasteiger partial charge in [0.15, 0.2) is 5.78 Å². The van der Waals surface area contributed by atoms with E-state index in [1.54, 1.807) is 36.4 Å². The molecular weight excluding hydrogens is 489 g/mol. The van der Waals surface area contributed by atoms with E-state index in [0.29, 0.717) is 46.5 Å². The lowest BCUT2D eigenvalue weighted by molar-refractivity contribution is -0.149. The van der Waals surface area contributed by atoms with Crippen LogP contribution in [-0.4, -0.2) is 36.9 Å². The number of esters is 1. The van der Waals surface area contributed by atoms with Crippen LogP contribution < -0.4 is 10.1 Å². The van der Waals surface area contributed by atoms with Gasteiger partial charge in [-0.2, -0.15) is 0 Å². The predicted octanol–water partition coefficient (Wildman–Crippen LogP) is 6.20. The molecule has 0 aliphatic heterocycles. The van der Waals surface area contributed by atoms with Crippen LogP contribution in [-0.2, 0) is 9.53 Å². The van der Waals surface area contributed by atoms with E-state index in [9.17, 15) is 14.4 Å². The van der Waals surface area contributed by atoms with Gasteiger partial charge in [-0.05, 0) is 81.8 Å². The standard InChI is InChI=1S/C27H31Cl2NO5/c1-3-34-27(33)18-8-10-20(11-9-18)35-21-12-13-22(24(29)16-21)25(31)5-4-14-30-26(32)19-7-6-17(2)23(28)15-19/h6-7,12-13,15-16,18,20H,3-5,8-11,14H2,1-2H3,(H,30,32). The maximum absolute atomic E-state index is 12.6. The number of halogens is 2. The fourth-order valence-corrected chi connectivity index (χ4v) is 4.54. The Morgan fingerprint density at radius 3 is 2.40 bits per heavy atom. The Bertz CT molecular complexity index is 1060. The van der Waals surface area contributed by atoms with E-state index < -0.39 is 0 Å². The summed E-state index contributed by atoms with van der Waals surface area (Å²) in [6.07, 6.45) is 3.76. The van der Waals surface area contributed by atoms with E-state index in [2.05, 4.69) is 5.32 Å². The molecule has 1 saturated carbocycles. The number of nitrogens with one attached hydrogen (secondary N) is 1. The van der Waals surface area contributed by atoms with Gasteiger partial charge in [0, 0.05) is 29.1 Å². The van der Waals surface area contributed by atoms with Crippen LogP contribution in [0.25, 0.3) is 0 Å². The quantitative estimate of drug-likeness (QED) is 0.229. The Morgan fingerprint density at radius 1 is 1.00 bits per heavy atom. The topological polar surface area (TPSA) is 81.7 Å². The van der Waals surface area contributed by atoms with Gasteiger partial charge in [-0.25, -0.2) is 0 Å². The van der Waals surface area contributed by atoms with E-state index in [-0.39, 0.29) is 36.1 Å². The highest BCUT2D eigenvalue weighted by molar-refractivity contribution is 6.34. The summed E-state index contributed by atoms with van der Waals surface area (Å²) in [5.74, 6) is 0.100. The molecule has 35 heavy (non-hydrogen) atoms. The molecule has 3 rings (SSSR count). The molecule has 0 saturated heterocycles. The number of benzene rings is 2. The highest BCUT2D eigenvalue weighted by Crippen LogP contribution is 2.30. The molecule has 6 nitrogen and oxygen atoms in total. The van der Waals surface area contributed by atoms with Crippen molar-refractivity contribution in [3.63, 3.8) is 0 Å². The van der Waals surface area contributed by atoms with Gasteiger partial charge in [0.05, 0.1) is 23.7 Å². The molecule has 0 spiro atoms. The van der Waals surface area contributed by atoms with Crippen molar-refractivity contribution in [3.8, 4) is 5.75 Å². The molecule has 2 aromatic carbocycles. The largest absolute Gasteiger partial charge is 0.490 e. The zero-order chi connectivity index (χ0) is 25.4. The molecule has 1 aliphatic rings. The van der Waals surface area contributed by atoms with E-state index in [1.165, 1.54) is 0 Å². The van der Waals surface area contributed by atoms with E-state index in [4.69, 9.17) is 32.7 Å². The fourth-order valence-electron chi connectivity index (χ4n) is 4.09. The van der Waals surface area contributed by atoms with Gasteiger partial charge in [-0.1, -0.05) is 29.3 Å². The number of hydrogen-bond donors (Lipinski definition) is 1. The summed E-state index contributed by atoms with van der Waals surface area (Å²) in [6.45, 7) is 4.45. The van der Waals surface area contributed by atoms with Crippen molar-refractivity contribution >= 4 is 40.9 Å². The summed E-state index contributed by atoms with van der Waals surface area (Å²) in [4.78, 5) is 36.8. The number of rotatable bonds is 10. The van der Waals surface area contributed by atoms with Crippen LogP contribution in [0.15, 0.2) is 36.4 Å². The van der Waals surface area contributed by atoms with Crippen molar-refractivity contribution < 1.29 is 23.9 Å². The molecule has 2 aromatic rings. The van der Waals surface area contributed by atoms with E-state index >= 15 is 0 Å². The number of hydrogen-bond acceptors (Lipinski definition) is 5. The Kier molecular flexibility index (Phi) is 9.99. The number of ketones is 1. The molecule has 0 bridgehead atoms. The smallest absolute Gasteiger partial charge is 0.308 e. The monoisotopic (exact) mass is 519 g/mol. The van der Waals surface area contributed by atoms with Gasteiger partial charge in [-0.3, -0.25) is 14.4 Å². The summed E-state index contributed by atoms with van der Waals surface area (Å²) in [7, 11) is 0. The molecule has 8 heteroatoms. The van der Waals surface area contributed by atoms with Crippen molar-refractivity contribution in [2.75, 3.05) is 13.2 Å². The van der Waals surface area contributed by atoms with Crippen molar-refractivity contribution in [1.82, 2.24) is 5.32 Å². The second-order valence-corrected chi connectivity index (χ2v) is 9.55. The number of carbonyl (C=O) groups excluding carboxylic acids is 3. The van der Waals surface area contributed by atoms with Gasteiger partial charge < -0.3 is 14.8 Å². The minimum atomic E-state index is -0.227. The highest BCUT2D eigenvalue weighted by Gasteiger charge is 2.28. The van der Waals surface area contributed by atoms with Crippen LogP contribution >= 0.6 is 23.2 Å². The van der Waals surface area contributed by atoms with Crippen molar-refractivity contribution in [1.29, 1.82) is 0 Å². The first-order chi connectivity index (χ1) is 16.8. The van der Waals surface area contributed by atoms with Crippen molar-refractivity contribution in [2.45, 2.75) is 58.5 Å². The molecule has 0 atom stereocenters. The molecule has 1 fully saturated rings. The van der Waals surface area contributed by atoms with Crippen molar-refractivity contribution in [3.05, 3.63) is 63.1 Å². The maximum atomic E-state index is 12.6. The lowest BCUT2D eigenvalue weighted by Crippen LogP contribution is -2.29. The molecular formula is C27H31Cl2NO5. The maximum Gasteiger partial charge on any atom is 0.308 e. The minimum Gasteiger partial charge on any atom is -0.490 e. The number of amides is 1. The molecule has 1 N–H and O–H groups in total. The van der Waals surface area contributed by atoms with Crippen LogP contribution in [0.5, 0.6) is 5.75 Å². The third kappa shape index (κ3) is 7.71. The highest BCUT2D eigenvalue weighted by atomic mass is 35.5. The van der Waals surface area contributed by atoms with Gasteiger partial charge in [0.2, 0.25) is 0 Å². The molecule has 1 aliphatic carbocycles. The molecule has 0 heterocycles. The molecule has 1 amide bonds. The molecule has 0 radical (unpaired) electrons. The Morgan fingerprint density at radius 2 is 1.74 bits per heavy atom. The summed E-state index contributed by atoms with van der Waals surface area (Å²) >= 11 is 12.4. The van der Waals surface area contributed by atoms with Crippen LogP contribution in [0.1, 0.15) is 71.7 Å². The molecule has 0 unspecified atom stereocenters. The lowest BCUT2D eigenvalue weighted by atomic mass is 9.87. The van der Waals surface area contributed by atoms with Gasteiger partial charge in [0.1, 0.15) is 5.75 Å². The zero-order valence-corrected chi connectivity index (χ0v) is 21.6. The second-order valence-electron chi connectivity index (χ2n) is 8.73. The zero-order valence-electron chi connectivity index (χ0n) is 20.1. The normalized spacial score (nSPS) is 17.5. The van der Waals surface area contributed by atoms with Crippen LogP contribution in [0.4, 0.5) is 0 Å². The van der Waals surface area contributed by atoms with Crippen LogP contribution in [0.3, 0.4) is 0 Å². The summed E-state index contributed by atoms with van der Waals surface area (Å²) in [5, 5.41) is 3.69. The average molecular weight is 520 g/mol. The van der Waals surface area contributed by atoms with Gasteiger partial charge in [-0.15, -0.1) is 0 Å². The lowest BCUT2D eigenvalue weighted by Gasteiger charge is -2.27. The number of ether oxygens (including phenoxy) is 2. The Hall–Kier alpha value is -2.57. The number of carbonyl (C=O) groups is 3. The Balaban J connectivity index is 1.43. The minimum absolute atomic E-state index is 0.00492. The van der Waals surface area contributed by atoms with Crippen LogP contribution in [0, 0.1) is 12.8 Å². The van der Waals surface area contributed by atoms with E-state index in [0.717, 1.165) is 31.2 Å². The number of aryl methyl sites for hydroxylation is 1. The Labute approximate surface area is 216 Å². The van der Waals surface area contributed by atoms with Gasteiger partial charge >= 0.3 is 5.97 Å². The SMILES string of the molecule is CCOC(=O)C1CCC(Oc2ccc(C(=O)CCCNC(=O)c3ccc(C)c(Cl)c3)c(Cl)c2)CC1. The predicted molar refractivity (Wildman–Crippen MR) is 137 cm³/mol. The molecule has 0 aromatic heterocycles. The number of Topliss-reactive ketones (excluding diaryl/α,β-unsaturated/α-hetero) is 1.